The van der Waals surface area contributed by atoms with Gasteiger partial charge in [0.05, 0.1) is 0 Å². The predicted octanol–water partition coefficient (Wildman–Crippen LogP) is 1.07. The summed E-state index contributed by atoms with van der Waals surface area (Å²) >= 11 is 0. The van der Waals surface area contributed by atoms with Gasteiger partial charge >= 0.3 is 0 Å². The maximum absolute atomic E-state index is 12.5. The molecule has 23 heavy (non-hydrogen) atoms. The minimum Gasteiger partial charge on any atom is -0.342 e. The van der Waals surface area contributed by atoms with Gasteiger partial charge in [0.1, 0.15) is 12.2 Å². The number of likely N-dealkylation sites (tertiary alicyclic amines) is 1. The van der Waals surface area contributed by atoms with E-state index in [1.54, 1.807) is 10.6 Å². The largest absolute Gasteiger partial charge is 0.342 e. The molecule has 2 aromatic heterocycles. The zero-order valence-corrected chi connectivity index (χ0v) is 13.2. The number of H-pyrrole nitrogens is 1. The number of aromatic nitrogens is 4. The number of carbonyl (C=O) groups is 1. The minimum atomic E-state index is -0.0593. The molecule has 7 nitrogen and oxygen atoms in total. The van der Waals surface area contributed by atoms with Crippen LogP contribution in [0, 0.1) is 6.92 Å². The normalized spacial score (nSPS) is 18.1. The molecule has 0 spiro atoms. The predicted molar refractivity (Wildman–Crippen MR) is 85.0 cm³/mol. The molecule has 1 saturated heterocycles. The lowest BCUT2D eigenvalue weighted by Crippen LogP contribution is -2.40. The first-order chi connectivity index (χ1) is 11.1. The molecule has 1 fully saturated rings. The van der Waals surface area contributed by atoms with Crippen LogP contribution in [0.5, 0.6) is 0 Å². The fraction of sp³-hybridized carbons (Fsp3) is 0.500. The summed E-state index contributed by atoms with van der Waals surface area (Å²) in [7, 11) is 0. The number of hydrogen-bond acceptors (Lipinski definition) is 4. The van der Waals surface area contributed by atoms with Gasteiger partial charge in [0.25, 0.3) is 5.56 Å². The average Bonchev–Trinajstić information content (AvgIpc) is 3.09. The van der Waals surface area contributed by atoms with Gasteiger partial charge in [0, 0.05) is 43.7 Å². The van der Waals surface area contributed by atoms with Crippen molar-refractivity contribution in [2.24, 2.45) is 0 Å². The number of aryl methyl sites for hydroxylation is 1. The van der Waals surface area contributed by atoms with E-state index in [1.165, 1.54) is 12.4 Å². The zero-order valence-electron chi connectivity index (χ0n) is 13.2. The number of amides is 1. The first-order valence-corrected chi connectivity index (χ1v) is 7.94. The molecule has 1 aliphatic heterocycles. The zero-order chi connectivity index (χ0) is 16.2. The molecule has 3 heterocycles. The highest BCUT2D eigenvalue weighted by Gasteiger charge is 2.26. The maximum Gasteiger partial charge on any atom is 0.250 e. The SMILES string of the molecule is Cc1cccc(=O)n1CCC(=O)N1CCC[C@@H](c2ncn[nH]2)C1. The highest BCUT2D eigenvalue weighted by atomic mass is 16.2. The van der Waals surface area contributed by atoms with Crippen molar-refractivity contribution in [1.29, 1.82) is 0 Å². The summed E-state index contributed by atoms with van der Waals surface area (Å²) in [5.41, 5.74) is 0.819. The number of piperidine rings is 1. The van der Waals surface area contributed by atoms with E-state index in [0.717, 1.165) is 30.9 Å². The standard InChI is InChI=1S/C16H21N5O2/c1-12-4-2-6-15(23)21(12)9-7-14(22)20-8-3-5-13(10-20)16-17-11-18-19-16/h2,4,6,11,13H,3,5,7-10H2,1H3,(H,17,18,19)/t13-/m1/s1. The number of nitrogens with zero attached hydrogens (tertiary/aromatic N) is 4. The van der Waals surface area contributed by atoms with Crippen LogP contribution in [0.1, 0.15) is 36.7 Å². The maximum atomic E-state index is 12.5. The molecule has 0 bridgehead atoms. The molecule has 122 valence electrons. The van der Waals surface area contributed by atoms with Crippen molar-refractivity contribution in [1.82, 2.24) is 24.6 Å². The van der Waals surface area contributed by atoms with Crippen LogP contribution in [0.25, 0.3) is 0 Å². The van der Waals surface area contributed by atoms with Crippen LogP contribution in [0.2, 0.25) is 0 Å². The number of pyridine rings is 1. The lowest BCUT2D eigenvalue weighted by atomic mass is 9.97. The van der Waals surface area contributed by atoms with Crippen molar-refractivity contribution in [3.8, 4) is 0 Å². The molecule has 3 rings (SSSR count). The summed E-state index contributed by atoms with van der Waals surface area (Å²) in [5.74, 6) is 1.15. The molecule has 2 aromatic rings. The average molecular weight is 315 g/mol. The van der Waals surface area contributed by atoms with Crippen LogP contribution in [0.4, 0.5) is 0 Å². The van der Waals surface area contributed by atoms with Gasteiger partial charge < -0.3 is 9.47 Å². The van der Waals surface area contributed by atoms with Gasteiger partial charge in [-0.3, -0.25) is 14.7 Å². The van der Waals surface area contributed by atoms with Crippen LogP contribution in [-0.4, -0.2) is 43.6 Å². The van der Waals surface area contributed by atoms with Crippen molar-refractivity contribution >= 4 is 5.91 Å². The Morgan fingerprint density at radius 2 is 2.30 bits per heavy atom. The highest BCUT2D eigenvalue weighted by molar-refractivity contribution is 5.76. The number of hydrogen-bond donors (Lipinski definition) is 1. The minimum absolute atomic E-state index is 0.0593. The van der Waals surface area contributed by atoms with Crippen molar-refractivity contribution in [2.45, 2.75) is 38.6 Å². The fourth-order valence-corrected chi connectivity index (χ4v) is 3.11. The van der Waals surface area contributed by atoms with Crippen molar-refractivity contribution in [3.63, 3.8) is 0 Å². The van der Waals surface area contributed by atoms with Gasteiger partial charge in [-0.05, 0) is 25.8 Å². The molecule has 0 unspecified atom stereocenters. The van der Waals surface area contributed by atoms with Gasteiger partial charge in [-0.25, -0.2) is 4.98 Å². The summed E-state index contributed by atoms with van der Waals surface area (Å²) in [5, 5.41) is 6.78. The summed E-state index contributed by atoms with van der Waals surface area (Å²) < 4.78 is 1.65. The van der Waals surface area contributed by atoms with Crippen LogP contribution in [0.15, 0.2) is 29.3 Å². The lowest BCUT2D eigenvalue weighted by Gasteiger charge is -2.31. The smallest absolute Gasteiger partial charge is 0.250 e. The van der Waals surface area contributed by atoms with E-state index in [2.05, 4.69) is 15.2 Å². The second kappa shape index (κ2) is 6.76. The highest BCUT2D eigenvalue weighted by Crippen LogP contribution is 2.24. The van der Waals surface area contributed by atoms with Gasteiger partial charge in [0.15, 0.2) is 0 Å². The number of nitrogens with one attached hydrogen (secondary N) is 1. The Balaban J connectivity index is 1.61. The van der Waals surface area contributed by atoms with Crippen molar-refractivity contribution in [2.75, 3.05) is 13.1 Å². The van der Waals surface area contributed by atoms with Crippen LogP contribution >= 0.6 is 0 Å². The topological polar surface area (TPSA) is 83.9 Å². The molecule has 1 atom stereocenters. The monoisotopic (exact) mass is 315 g/mol. The van der Waals surface area contributed by atoms with E-state index in [4.69, 9.17) is 0 Å². The van der Waals surface area contributed by atoms with Crippen molar-refractivity contribution in [3.05, 3.63) is 46.4 Å². The van der Waals surface area contributed by atoms with E-state index in [0.29, 0.717) is 19.5 Å². The van der Waals surface area contributed by atoms with Gasteiger partial charge in [-0.1, -0.05) is 6.07 Å². The molecular weight excluding hydrogens is 294 g/mol. The van der Waals surface area contributed by atoms with E-state index in [9.17, 15) is 9.59 Å². The quantitative estimate of drug-likeness (QED) is 0.915. The van der Waals surface area contributed by atoms with Crippen LogP contribution < -0.4 is 5.56 Å². The second-order valence-electron chi connectivity index (χ2n) is 5.96. The lowest BCUT2D eigenvalue weighted by molar-refractivity contribution is -0.132. The number of aromatic amines is 1. The molecule has 1 N–H and O–H groups in total. The van der Waals surface area contributed by atoms with Gasteiger partial charge in [0.2, 0.25) is 5.91 Å². The molecular formula is C16H21N5O2. The Morgan fingerprint density at radius 1 is 1.43 bits per heavy atom. The molecule has 7 heteroatoms. The van der Waals surface area contributed by atoms with E-state index in [-0.39, 0.29) is 17.4 Å². The Kier molecular flexibility index (Phi) is 4.55. The Bertz CT molecular complexity index is 722. The van der Waals surface area contributed by atoms with Gasteiger partial charge in [-0.15, -0.1) is 0 Å². The fourth-order valence-electron chi connectivity index (χ4n) is 3.11. The third-order valence-corrected chi connectivity index (χ3v) is 4.41. The van der Waals surface area contributed by atoms with E-state index in [1.807, 2.05) is 17.9 Å². The first kappa shape index (κ1) is 15.5. The summed E-state index contributed by atoms with van der Waals surface area (Å²) in [6.45, 7) is 3.74. The third kappa shape index (κ3) is 3.49. The van der Waals surface area contributed by atoms with Crippen LogP contribution in [-0.2, 0) is 11.3 Å². The van der Waals surface area contributed by atoms with E-state index >= 15 is 0 Å². The second-order valence-corrected chi connectivity index (χ2v) is 5.96. The molecule has 1 amide bonds. The summed E-state index contributed by atoms with van der Waals surface area (Å²) in [6.07, 6.45) is 3.81. The molecule has 0 aromatic carbocycles. The Hall–Kier alpha value is -2.44. The molecule has 0 saturated carbocycles. The molecule has 0 aliphatic carbocycles. The Morgan fingerprint density at radius 3 is 3.04 bits per heavy atom. The number of rotatable bonds is 4. The molecule has 1 aliphatic rings. The summed E-state index contributed by atoms with van der Waals surface area (Å²) in [4.78, 5) is 30.4. The van der Waals surface area contributed by atoms with Gasteiger partial charge in [-0.2, -0.15) is 5.10 Å². The number of carbonyl (C=O) groups excluding carboxylic acids is 1. The summed E-state index contributed by atoms with van der Waals surface area (Å²) in [6, 6.07) is 5.15. The third-order valence-electron chi connectivity index (χ3n) is 4.41. The molecule has 0 radical (unpaired) electrons. The van der Waals surface area contributed by atoms with Crippen molar-refractivity contribution < 1.29 is 4.79 Å². The Labute approximate surface area is 134 Å². The first-order valence-electron chi connectivity index (χ1n) is 7.94. The van der Waals surface area contributed by atoms with E-state index < -0.39 is 0 Å². The van der Waals surface area contributed by atoms with Crippen LogP contribution in [0.3, 0.4) is 0 Å².